The van der Waals surface area contributed by atoms with Crippen LogP contribution in [0.3, 0.4) is 0 Å². The van der Waals surface area contributed by atoms with Crippen molar-refractivity contribution in [3.8, 4) is 0 Å². The molecule has 0 aliphatic heterocycles. The lowest BCUT2D eigenvalue weighted by molar-refractivity contribution is -0.147. The average Bonchev–Trinajstić information content (AvgIpc) is 2.70. The van der Waals surface area contributed by atoms with E-state index in [2.05, 4.69) is 51.2 Å². The number of nitrogens with one attached hydrogen (secondary N) is 1. The van der Waals surface area contributed by atoms with Gasteiger partial charge < -0.3 is 15.5 Å². The third-order valence-electron chi connectivity index (χ3n) is 5.39. The molecule has 0 aliphatic carbocycles. The van der Waals surface area contributed by atoms with Gasteiger partial charge in [-0.05, 0) is 65.6 Å². The van der Waals surface area contributed by atoms with Crippen molar-refractivity contribution in [2.75, 3.05) is 11.5 Å². The van der Waals surface area contributed by atoms with E-state index >= 15 is 0 Å². The average molecular weight is 468 g/mol. The van der Waals surface area contributed by atoms with Crippen molar-refractivity contribution in [1.29, 1.82) is 0 Å². The zero-order valence-corrected chi connectivity index (χ0v) is 21.3. The first-order valence-electron chi connectivity index (χ1n) is 11.2. The number of aliphatic carboxylic acids is 2. The van der Waals surface area contributed by atoms with Gasteiger partial charge in [-0.2, -0.15) is 11.8 Å². The molecule has 0 saturated heterocycles. The number of carboxylic acid groups (broad SMARTS) is 2. The smallest absolute Gasteiger partial charge is 0.326 e. The second kappa shape index (κ2) is 16.6. The lowest BCUT2D eigenvalue weighted by Crippen LogP contribution is -2.45. The predicted octanol–water partition coefficient (Wildman–Crippen LogP) is 5.46. The fourth-order valence-corrected chi connectivity index (χ4v) is 3.80. The summed E-state index contributed by atoms with van der Waals surface area (Å²) in [6, 6.07) is -1.01. The third-order valence-corrected chi connectivity index (χ3v) is 6.32. The van der Waals surface area contributed by atoms with Gasteiger partial charge in [-0.15, -0.1) is 0 Å². The lowest BCUT2D eigenvalue weighted by Gasteiger charge is -2.19. The highest BCUT2D eigenvalue weighted by molar-refractivity contribution is 7.99. The Morgan fingerprint density at radius 2 is 1.41 bits per heavy atom. The molecule has 3 N–H and O–H groups in total. The number of rotatable bonds is 16. The van der Waals surface area contributed by atoms with Crippen LogP contribution in [0.2, 0.25) is 0 Å². The summed E-state index contributed by atoms with van der Waals surface area (Å²) in [6.45, 7) is 11.5. The van der Waals surface area contributed by atoms with Crippen LogP contribution in [0.4, 0.5) is 0 Å². The molecule has 6 nitrogen and oxygen atoms in total. The lowest BCUT2D eigenvalue weighted by atomic mass is 9.95. The highest BCUT2D eigenvalue weighted by Gasteiger charge is 2.29. The van der Waals surface area contributed by atoms with Crippen molar-refractivity contribution in [3.05, 3.63) is 34.9 Å². The van der Waals surface area contributed by atoms with E-state index < -0.39 is 35.7 Å². The van der Waals surface area contributed by atoms with Crippen LogP contribution in [0.5, 0.6) is 0 Å². The van der Waals surface area contributed by atoms with Crippen LogP contribution in [0, 0.1) is 11.8 Å². The standard InChI is InChI=1S/C25H41NO5S/c1-17(2)9-7-10-18(3)11-8-12-19(4)13-15-32-16-14-22(25(30)31)26-23(27)20(5)21(6)24(28)29/h9,11,13,20-22H,7-8,10,12,14-16H2,1-6H3,(H,26,27)(H,28,29)(H,30,31)/b18-11+,19-13+/t20-,21-,22-/m0/s1. The SMILES string of the molecule is CC(C)=CCC/C(C)=C/CC/C(C)=C/CSCC[C@H](NC(=O)[C@@H](C)[C@H](C)C(=O)O)C(=O)O. The van der Waals surface area contributed by atoms with Crippen LogP contribution in [0.25, 0.3) is 0 Å². The summed E-state index contributed by atoms with van der Waals surface area (Å²) in [5, 5.41) is 20.8. The fraction of sp³-hybridized carbons (Fsp3) is 0.640. The summed E-state index contributed by atoms with van der Waals surface area (Å²) in [4.78, 5) is 34.6. The summed E-state index contributed by atoms with van der Waals surface area (Å²) < 4.78 is 0. The van der Waals surface area contributed by atoms with Gasteiger partial charge in [-0.1, -0.05) is 48.8 Å². The Morgan fingerprint density at radius 1 is 0.844 bits per heavy atom. The molecule has 0 rings (SSSR count). The van der Waals surface area contributed by atoms with Crippen molar-refractivity contribution < 1.29 is 24.6 Å². The quantitative estimate of drug-likeness (QED) is 0.206. The second-order valence-corrected chi connectivity index (χ2v) is 9.79. The molecular weight excluding hydrogens is 426 g/mol. The molecule has 0 aliphatic rings. The molecule has 32 heavy (non-hydrogen) atoms. The molecule has 0 saturated carbocycles. The molecule has 3 atom stereocenters. The first kappa shape index (κ1) is 30.0. The Hall–Kier alpha value is -2.02. The highest BCUT2D eigenvalue weighted by Crippen LogP contribution is 2.15. The van der Waals surface area contributed by atoms with Gasteiger partial charge in [-0.25, -0.2) is 4.79 Å². The molecule has 0 aromatic carbocycles. The van der Waals surface area contributed by atoms with Crippen LogP contribution in [0.15, 0.2) is 34.9 Å². The van der Waals surface area contributed by atoms with Gasteiger partial charge in [0.25, 0.3) is 0 Å². The second-order valence-electron chi connectivity index (χ2n) is 8.64. The minimum atomic E-state index is -1.10. The van der Waals surface area contributed by atoms with E-state index in [0.29, 0.717) is 12.2 Å². The Kier molecular flexibility index (Phi) is 15.5. The molecule has 0 unspecified atom stereocenters. The van der Waals surface area contributed by atoms with Gasteiger partial charge in [0.1, 0.15) is 6.04 Å². The summed E-state index contributed by atoms with van der Waals surface area (Å²) >= 11 is 1.62. The van der Waals surface area contributed by atoms with Crippen molar-refractivity contribution in [1.82, 2.24) is 5.32 Å². The van der Waals surface area contributed by atoms with E-state index in [1.54, 1.807) is 11.8 Å². The molecule has 1 amide bonds. The Morgan fingerprint density at radius 3 is 1.94 bits per heavy atom. The maximum atomic E-state index is 12.2. The van der Waals surface area contributed by atoms with E-state index in [1.165, 1.54) is 30.6 Å². The monoisotopic (exact) mass is 467 g/mol. The van der Waals surface area contributed by atoms with Gasteiger partial charge in [-0.3, -0.25) is 9.59 Å². The summed E-state index contributed by atoms with van der Waals surface area (Å²) in [7, 11) is 0. The molecule has 0 aromatic rings. The van der Waals surface area contributed by atoms with Crippen LogP contribution in [0.1, 0.15) is 73.6 Å². The Balaban J connectivity index is 4.31. The van der Waals surface area contributed by atoms with Gasteiger partial charge in [0, 0.05) is 11.7 Å². The normalized spacial score (nSPS) is 14.9. The fourth-order valence-electron chi connectivity index (χ4n) is 2.83. The molecule has 0 bridgehead atoms. The van der Waals surface area contributed by atoms with E-state index in [0.717, 1.165) is 31.4 Å². The first-order chi connectivity index (χ1) is 15.0. The van der Waals surface area contributed by atoms with Gasteiger partial charge in [0.2, 0.25) is 5.91 Å². The Labute approximate surface area is 197 Å². The summed E-state index contributed by atoms with van der Waals surface area (Å²) in [6.07, 6.45) is 11.2. The van der Waals surface area contributed by atoms with Crippen molar-refractivity contribution in [2.45, 2.75) is 79.7 Å². The maximum absolute atomic E-state index is 12.2. The molecule has 0 heterocycles. The minimum Gasteiger partial charge on any atom is -0.481 e. The predicted molar refractivity (Wildman–Crippen MR) is 133 cm³/mol. The summed E-state index contributed by atoms with van der Waals surface area (Å²) in [5.74, 6) is -3.01. The molecule has 0 aromatic heterocycles. The minimum absolute atomic E-state index is 0.292. The highest BCUT2D eigenvalue weighted by atomic mass is 32.2. The number of hydrogen-bond acceptors (Lipinski definition) is 4. The van der Waals surface area contributed by atoms with Crippen molar-refractivity contribution in [3.63, 3.8) is 0 Å². The van der Waals surface area contributed by atoms with Gasteiger partial charge in [0.05, 0.1) is 5.92 Å². The van der Waals surface area contributed by atoms with E-state index in [1.807, 2.05) is 0 Å². The van der Waals surface area contributed by atoms with Crippen LogP contribution in [-0.4, -0.2) is 45.6 Å². The van der Waals surface area contributed by atoms with Gasteiger partial charge in [0.15, 0.2) is 0 Å². The van der Waals surface area contributed by atoms with E-state index in [-0.39, 0.29) is 0 Å². The molecule has 0 radical (unpaired) electrons. The van der Waals surface area contributed by atoms with Crippen molar-refractivity contribution >= 4 is 29.6 Å². The number of carbonyl (C=O) groups excluding carboxylic acids is 1. The van der Waals surface area contributed by atoms with Crippen molar-refractivity contribution in [2.24, 2.45) is 11.8 Å². The van der Waals surface area contributed by atoms with Gasteiger partial charge >= 0.3 is 11.9 Å². The summed E-state index contributed by atoms with van der Waals surface area (Å²) in [5.41, 5.74) is 4.08. The Bertz CT molecular complexity index is 707. The number of carboxylic acids is 2. The van der Waals surface area contributed by atoms with E-state index in [9.17, 15) is 19.5 Å². The maximum Gasteiger partial charge on any atom is 0.326 e. The number of allylic oxidation sites excluding steroid dienone is 5. The molecule has 7 heteroatoms. The zero-order chi connectivity index (χ0) is 24.7. The number of hydrogen-bond donors (Lipinski definition) is 3. The third kappa shape index (κ3) is 14.1. The number of carbonyl (C=O) groups is 3. The zero-order valence-electron chi connectivity index (χ0n) is 20.4. The molecule has 182 valence electrons. The largest absolute Gasteiger partial charge is 0.481 e. The number of thioether (sulfide) groups is 1. The number of amides is 1. The van der Waals surface area contributed by atoms with Crippen LogP contribution in [-0.2, 0) is 14.4 Å². The van der Waals surface area contributed by atoms with E-state index in [4.69, 9.17) is 5.11 Å². The first-order valence-corrected chi connectivity index (χ1v) is 12.4. The topological polar surface area (TPSA) is 104 Å². The molecular formula is C25H41NO5S. The molecule has 0 fully saturated rings. The molecule has 0 spiro atoms. The van der Waals surface area contributed by atoms with Crippen LogP contribution < -0.4 is 5.32 Å². The van der Waals surface area contributed by atoms with Crippen LogP contribution >= 0.6 is 11.8 Å².